The smallest absolute Gasteiger partial charge is 0.248 e. The van der Waals surface area contributed by atoms with Gasteiger partial charge >= 0.3 is 0 Å². The van der Waals surface area contributed by atoms with Crippen molar-refractivity contribution in [1.29, 1.82) is 0 Å². The maximum Gasteiger partial charge on any atom is 0.248 e. The predicted octanol–water partition coefficient (Wildman–Crippen LogP) is 2.18. The highest BCUT2D eigenvalue weighted by Gasteiger charge is 2.48. The van der Waals surface area contributed by atoms with Gasteiger partial charge in [-0.2, -0.15) is 0 Å². The Balaban J connectivity index is 2.23. The van der Waals surface area contributed by atoms with E-state index in [-0.39, 0.29) is 23.8 Å². The molecule has 4 nitrogen and oxygen atoms in total. The van der Waals surface area contributed by atoms with Crippen molar-refractivity contribution in [2.24, 2.45) is 17.8 Å². The summed E-state index contributed by atoms with van der Waals surface area (Å²) in [6, 6.07) is -0.316. The summed E-state index contributed by atoms with van der Waals surface area (Å²) in [7, 11) is 0. The minimum absolute atomic E-state index is 0.00643. The number of nitrogens with one attached hydrogen (secondary N) is 1. The van der Waals surface area contributed by atoms with Crippen LogP contribution < -0.4 is 5.32 Å². The molecule has 20 heavy (non-hydrogen) atoms. The summed E-state index contributed by atoms with van der Waals surface area (Å²) in [5.41, 5.74) is -0.730. The van der Waals surface area contributed by atoms with Crippen molar-refractivity contribution in [3.8, 4) is 0 Å². The van der Waals surface area contributed by atoms with Gasteiger partial charge in [0, 0.05) is 6.54 Å². The van der Waals surface area contributed by atoms with Gasteiger partial charge in [-0.3, -0.25) is 9.59 Å². The van der Waals surface area contributed by atoms with Gasteiger partial charge in [-0.15, -0.1) is 0 Å². The minimum Gasteiger partial charge on any atom is -0.340 e. The van der Waals surface area contributed by atoms with E-state index in [0.717, 1.165) is 12.5 Å². The first kappa shape index (κ1) is 15.3. The van der Waals surface area contributed by atoms with E-state index in [0.29, 0.717) is 12.3 Å². The van der Waals surface area contributed by atoms with Crippen molar-refractivity contribution < 1.29 is 9.59 Å². The number of amides is 2. The molecule has 2 rings (SSSR count). The second-order valence-electron chi connectivity index (χ2n) is 7.14. The van der Waals surface area contributed by atoms with Crippen LogP contribution in [0.2, 0.25) is 0 Å². The fraction of sp³-hybridized carbons (Fsp3) is 0.875. The number of rotatable bonds is 5. The molecule has 0 aromatic heterocycles. The summed E-state index contributed by atoms with van der Waals surface area (Å²) < 4.78 is 0. The van der Waals surface area contributed by atoms with E-state index in [1.165, 1.54) is 12.8 Å². The van der Waals surface area contributed by atoms with Gasteiger partial charge in [0.2, 0.25) is 11.8 Å². The van der Waals surface area contributed by atoms with E-state index >= 15 is 0 Å². The lowest BCUT2D eigenvalue weighted by Crippen LogP contribution is -2.70. The van der Waals surface area contributed by atoms with Crippen LogP contribution in [0.1, 0.15) is 53.9 Å². The van der Waals surface area contributed by atoms with Crippen LogP contribution in [0, 0.1) is 17.8 Å². The van der Waals surface area contributed by atoms with Crippen LogP contribution >= 0.6 is 0 Å². The molecule has 3 atom stereocenters. The van der Waals surface area contributed by atoms with E-state index < -0.39 is 5.54 Å². The Labute approximate surface area is 122 Å². The molecule has 2 aliphatic rings. The highest BCUT2D eigenvalue weighted by molar-refractivity contribution is 5.99. The first-order valence-corrected chi connectivity index (χ1v) is 7.93. The lowest BCUT2D eigenvalue weighted by atomic mass is 9.87. The third kappa shape index (κ3) is 2.70. The Morgan fingerprint density at radius 2 is 1.90 bits per heavy atom. The maximum absolute atomic E-state index is 12.8. The van der Waals surface area contributed by atoms with E-state index in [4.69, 9.17) is 0 Å². The monoisotopic (exact) mass is 280 g/mol. The highest BCUT2D eigenvalue weighted by atomic mass is 16.2. The molecule has 1 aliphatic carbocycles. The summed E-state index contributed by atoms with van der Waals surface area (Å²) in [5, 5.41) is 2.94. The highest BCUT2D eigenvalue weighted by Crippen LogP contribution is 2.38. The fourth-order valence-corrected chi connectivity index (χ4v) is 3.21. The van der Waals surface area contributed by atoms with Gasteiger partial charge in [-0.1, -0.05) is 27.7 Å². The first-order chi connectivity index (χ1) is 9.30. The molecule has 1 saturated heterocycles. The molecule has 2 fully saturated rings. The van der Waals surface area contributed by atoms with E-state index in [1.54, 1.807) is 0 Å². The quantitative estimate of drug-likeness (QED) is 0.839. The topological polar surface area (TPSA) is 49.4 Å². The fourth-order valence-electron chi connectivity index (χ4n) is 3.21. The van der Waals surface area contributed by atoms with Gasteiger partial charge in [0.1, 0.15) is 11.6 Å². The number of nitrogens with zero attached hydrogens (tertiary/aromatic N) is 1. The number of hydrogen-bond acceptors (Lipinski definition) is 2. The van der Waals surface area contributed by atoms with Crippen molar-refractivity contribution in [2.45, 2.75) is 65.5 Å². The predicted molar refractivity (Wildman–Crippen MR) is 79.1 cm³/mol. The van der Waals surface area contributed by atoms with Gasteiger partial charge in [0.15, 0.2) is 0 Å². The third-order valence-corrected chi connectivity index (χ3v) is 4.99. The van der Waals surface area contributed by atoms with Gasteiger partial charge in [-0.25, -0.2) is 0 Å². The maximum atomic E-state index is 12.8. The van der Waals surface area contributed by atoms with Crippen molar-refractivity contribution in [1.82, 2.24) is 10.2 Å². The van der Waals surface area contributed by atoms with Crippen LogP contribution in [0.15, 0.2) is 0 Å². The molecule has 1 aliphatic heterocycles. The summed E-state index contributed by atoms with van der Waals surface area (Å²) in [6.45, 7) is 10.8. The number of hydrogen-bond donors (Lipinski definition) is 1. The molecule has 114 valence electrons. The van der Waals surface area contributed by atoms with Gasteiger partial charge in [0.05, 0.1) is 0 Å². The van der Waals surface area contributed by atoms with Crippen molar-refractivity contribution in [2.75, 3.05) is 6.54 Å². The lowest BCUT2D eigenvalue weighted by Gasteiger charge is -2.46. The average molecular weight is 280 g/mol. The van der Waals surface area contributed by atoms with Crippen molar-refractivity contribution >= 4 is 11.8 Å². The van der Waals surface area contributed by atoms with Gasteiger partial charge in [0.25, 0.3) is 0 Å². The van der Waals surface area contributed by atoms with Crippen LogP contribution in [0.25, 0.3) is 0 Å². The third-order valence-electron chi connectivity index (χ3n) is 4.99. The summed E-state index contributed by atoms with van der Waals surface area (Å²) >= 11 is 0. The Bertz CT molecular complexity index is 403. The summed E-state index contributed by atoms with van der Waals surface area (Å²) in [6.07, 6.45) is 3.18. The Kier molecular flexibility index (Phi) is 4.12. The zero-order chi connectivity index (χ0) is 15.1. The summed E-state index contributed by atoms with van der Waals surface area (Å²) in [5.74, 6) is 1.48. The first-order valence-electron chi connectivity index (χ1n) is 7.93. The Hall–Kier alpha value is -1.06. The number of piperazine rings is 1. The molecule has 1 saturated carbocycles. The SMILES string of the molecule is CCC1(C)NC(=O)C(C(C)C)N(CC(C)C2CC2)C1=O. The molecular weight excluding hydrogens is 252 g/mol. The number of carbonyl (C=O) groups is 2. The largest absolute Gasteiger partial charge is 0.340 e. The molecular formula is C16H28N2O2. The van der Waals surface area contributed by atoms with E-state index in [2.05, 4.69) is 12.2 Å². The molecule has 0 bridgehead atoms. The molecule has 0 aromatic carbocycles. The van der Waals surface area contributed by atoms with Crippen LogP contribution in [0.4, 0.5) is 0 Å². The second-order valence-corrected chi connectivity index (χ2v) is 7.14. The normalized spacial score (nSPS) is 32.5. The van der Waals surface area contributed by atoms with Crippen LogP contribution in [0.3, 0.4) is 0 Å². The zero-order valence-electron chi connectivity index (χ0n) is 13.4. The van der Waals surface area contributed by atoms with Gasteiger partial charge < -0.3 is 10.2 Å². The molecule has 4 heteroatoms. The molecule has 3 unspecified atom stereocenters. The zero-order valence-corrected chi connectivity index (χ0v) is 13.4. The summed E-state index contributed by atoms with van der Waals surface area (Å²) in [4.78, 5) is 27.1. The molecule has 0 spiro atoms. The number of carbonyl (C=O) groups excluding carboxylic acids is 2. The van der Waals surface area contributed by atoms with Crippen LogP contribution in [0.5, 0.6) is 0 Å². The van der Waals surface area contributed by atoms with Crippen LogP contribution in [-0.2, 0) is 9.59 Å². The minimum atomic E-state index is -0.730. The van der Waals surface area contributed by atoms with Gasteiger partial charge in [-0.05, 0) is 43.9 Å². The van der Waals surface area contributed by atoms with E-state index in [1.807, 2.05) is 32.6 Å². The molecule has 0 radical (unpaired) electrons. The second kappa shape index (κ2) is 5.38. The molecule has 0 aromatic rings. The Morgan fingerprint density at radius 1 is 1.30 bits per heavy atom. The average Bonchev–Trinajstić information content (AvgIpc) is 3.19. The standard InChI is InChI=1S/C16H28N2O2/c1-6-16(5)15(20)18(9-11(4)12-7-8-12)13(10(2)3)14(19)17-16/h10-13H,6-9H2,1-5H3,(H,17,19). The Morgan fingerprint density at radius 3 is 2.35 bits per heavy atom. The van der Waals surface area contributed by atoms with Crippen LogP contribution in [-0.4, -0.2) is 34.8 Å². The molecule has 2 amide bonds. The van der Waals surface area contributed by atoms with Crippen molar-refractivity contribution in [3.63, 3.8) is 0 Å². The molecule has 1 heterocycles. The van der Waals surface area contributed by atoms with E-state index in [9.17, 15) is 9.59 Å². The van der Waals surface area contributed by atoms with Crippen molar-refractivity contribution in [3.05, 3.63) is 0 Å². The lowest BCUT2D eigenvalue weighted by molar-refractivity contribution is -0.157. The molecule has 1 N–H and O–H groups in total.